The average molecular weight is 358 g/mol. The fraction of sp³-hybridized carbons (Fsp3) is 0.389. The molecule has 3 amide bonds. The summed E-state index contributed by atoms with van der Waals surface area (Å²) in [5.74, 6) is 0.0140. The molecule has 25 heavy (non-hydrogen) atoms. The molecule has 1 atom stereocenters. The monoisotopic (exact) mass is 358 g/mol. The maximum atomic E-state index is 12.5. The van der Waals surface area contributed by atoms with Crippen molar-refractivity contribution in [1.29, 1.82) is 0 Å². The number of aromatic nitrogens is 1. The summed E-state index contributed by atoms with van der Waals surface area (Å²) in [6, 6.07) is 7.47. The number of benzene rings is 1. The van der Waals surface area contributed by atoms with E-state index in [0.717, 1.165) is 16.1 Å². The third-order valence-electron chi connectivity index (χ3n) is 4.28. The van der Waals surface area contributed by atoms with Gasteiger partial charge in [-0.15, -0.1) is 11.3 Å². The van der Waals surface area contributed by atoms with Crippen molar-refractivity contribution in [2.24, 2.45) is 0 Å². The zero-order valence-corrected chi connectivity index (χ0v) is 15.4. The van der Waals surface area contributed by atoms with Crippen LogP contribution in [0.2, 0.25) is 0 Å². The number of hydrogen-bond acceptors (Lipinski definition) is 4. The Bertz CT molecular complexity index is 770. The van der Waals surface area contributed by atoms with E-state index in [9.17, 15) is 9.59 Å². The lowest BCUT2D eigenvalue weighted by Crippen LogP contribution is -2.27. The predicted octanol–water partition coefficient (Wildman–Crippen LogP) is 3.54. The predicted molar refractivity (Wildman–Crippen MR) is 100 cm³/mol. The Morgan fingerprint density at radius 2 is 2.00 bits per heavy atom. The highest BCUT2D eigenvalue weighted by Crippen LogP contribution is 2.27. The number of hydrogen-bond donors (Lipinski definition) is 2. The van der Waals surface area contributed by atoms with E-state index < -0.39 is 0 Å². The smallest absolute Gasteiger partial charge is 0.321 e. The van der Waals surface area contributed by atoms with E-state index in [-0.39, 0.29) is 17.9 Å². The number of nitrogens with zero attached hydrogens (tertiary/aromatic N) is 2. The van der Waals surface area contributed by atoms with Gasteiger partial charge in [0.2, 0.25) is 5.91 Å². The molecule has 1 aromatic carbocycles. The van der Waals surface area contributed by atoms with Crippen LogP contribution in [0.3, 0.4) is 0 Å². The average Bonchev–Trinajstić information content (AvgIpc) is 3.23. The topological polar surface area (TPSA) is 74.3 Å². The van der Waals surface area contributed by atoms with Crippen molar-refractivity contribution >= 4 is 34.1 Å². The first kappa shape index (κ1) is 17.4. The van der Waals surface area contributed by atoms with Gasteiger partial charge in [-0.25, -0.2) is 9.78 Å². The van der Waals surface area contributed by atoms with Gasteiger partial charge >= 0.3 is 6.03 Å². The van der Waals surface area contributed by atoms with Crippen molar-refractivity contribution < 1.29 is 9.59 Å². The summed E-state index contributed by atoms with van der Waals surface area (Å²) < 4.78 is 0. The van der Waals surface area contributed by atoms with Gasteiger partial charge < -0.3 is 10.6 Å². The molecule has 1 saturated heterocycles. The third-order valence-corrected chi connectivity index (χ3v) is 5.49. The maximum absolute atomic E-state index is 12.5. The van der Waals surface area contributed by atoms with E-state index in [1.54, 1.807) is 4.90 Å². The van der Waals surface area contributed by atoms with Gasteiger partial charge in [0, 0.05) is 29.9 Å². The molecule has 2 aromatic rings. The fourth-order valence-electron chi connectivity index (χ4n) is 2.64. The molecule has 1 aromatic heterocycles. The minimum Gasteiger partial charge on any atom is -0.336 e. The summed E-state index contributed by atoms with van der Waals surface area (Å²) in [6.07, 6.45) is 1.81. The zero-order chi connectivity index (χ0) is 18.0. The van der Waals surface area contributed by atoms with Gasteiger partial charge in [0.1, 0.15) is 0 Å². The van der Waals surface area contributed by atoms with Crippen molar-refractivity contribution in [2.45, 2.75) is 32.6 Å². The molecule has 7 heteroatoms. The Morgan fingerprint density at radius 3 is 2.56 bits per heavy atom. The second-order valence-corrected chi connectivity index (χ2v) is 7.47. The molecule has 2 heterocycles. The molecule has 3 rings (SSSR count). The second-order valence-electron chi connectivity index (χ2n) is 6.41. The maximum Gasteiger partial charge on any atom is 0.321 e. The van der Waals surface area contributed by atoms with Crippen LogP contribution in [0.4, 0.5) is 15.6 Å². The highest BCUT2D eigenvalue weighted by Gasteiger charge is 2.22. The molecule has 0 bridgehead atoms. The van der Waals surface area contributed by atoms with Crippen molar-refractivity contribution in [3.05, 3.63) is 40.9 Å². The minimum atomic E-state index is -0.298. The molecule has 132 valence electrons. The molecule has 1 unspecified atom stereocenters. The Kier molecular flexibility index (Phi) is 5.03. The largest absolute Gasteiger partial charge is 0.336 e. The molecular formula is C18H22N4O2S. The molecular weight excluding hydrogens is 336 g/mol. The van der Waals surface area contributed by atoms with Crippen molar-refractivity contribution in [1.82, 2.24) is 10.3 Å². The highest BCUT2D eigenvalue weighted by atomic mass is 32.1. The van der Waals surface area contributed by atoms with Gasteiger partial charge in [0.25, 0.3) is 0 Å². The van der Waals surface area contributed by atoms with E-state index in [1.807, 2.05) is 37.4 Å². The fourth-order valence-corrected chi connectivity index (χ4v) is 3.46. The molecule has 0 spiro atoms. The highest BCUT2D eigenvalue weighted by molar-refractivity contribution is 7.15. The second kappa shape index (κ2) is 7.23. The molecule has 0 aliphatic carbocycles. The SMILES string of the molecule is CC(C)c1cnc(NC(=O)C(C)c2ccc(N3CCNC3=O)cc2)s1. The quantitative estimate of drug-likeness (QED) is 0.858. The Hall–Kier alpha value is -2.41. The number of carbonyl (C=O) groups is 2. The molecule has 0 radical (unpaired) electrons. The first-order valence-electron chi connectivity index (χ1n) is 8.37. The Balaban J connectivity index is 1.66. The first-order valence-corrected chi connectivity index (χ1v) is 9.19. The number of urea groups is 1. The van der Waals surface area contributed by atoms with Gasteiger partial charge in [-0.1, -0.05) is 26.0 Å². The van der Waals surface area contributed by atoms with Crippen LogP contribution >= 0.6 is 11.3 Å². The lowest BCUT2D eigenvalue weighted by atomic mass is 10.00. The lowest BCUT2D eigenvalue weighted by molar-refractivity contribution is -0.117. The minimum absolute atomic E-state index is 0.0803. The number of nitrogens with one attached hydrogen (secondary N) is 2. The van der Waals surface area contributed by atoms with E-state index in [2.05, 4.69) is 29.5 Å². The summed E-state index contributed by atoms with van der Waals surface area (Å²) in [6.45, 7) is 7.39. The summed E-state index contributed by atoms with van der Waals surface area (Å²) in [5, 5.41) is 6.29. The number of amides is 3. The van der Waals surface area contributed by atoms with Crippen molar-refractivity contribution in [2.75, 3.05) is 23.3 Å². The summed E-state index contributed by atoms with van der Waals surface area (Å²) in [7, 11) is 0. The summed E-state index contributed by atoms with van der Waals surface area (Å²) >= 11 is 1.51. The number of carbonyl (C=O) groups excluding carboxylic acids is 2. The first-order chi connectivity index (χ1) is 12.0. The van der Waals surface area contributed by atoms with Gasteiger partial charge in [-0.3, -0.25) is 9.69 Å². The molecule has 1 aliphatic rings. The van der Waals surface area contributed by atoms with E-state index in [4.69, 9.17) is 0 Å². The molecule has 1 aliphatic heterocycles. The molecule has 2 N–H and O–H groups in total. The van der Waals surface area contributed by atoms with E-state index in [0.29, 0.717) is 24.1 Å². The van der Waals surface area contributed by atoms with Crippen LogP contribution in [-0.4, -0.2) is 30.0 Å². The van der Waals surface area contributed by atoms with Crippen molar-refractivity contribution in [3.63, 3.8) is 0 Å². The van der Waals surface area contributed by atoms with Crippen molar-refractivity contribution in [3.8, 4) is 0 Å². The Morgan fingerprint density at radius 1 is 1.28 bits per heavy atom. The normalized spacial score (nSPS) is 15.4. The Labute approximate surface area is 151 Å². The number of anilines is 2. The molecule has 6 nitrogen and oxygen atoms in total. The van der Waals surface area contributed by atoms with Gasteiger partial charge in [-0.2, -0.15) is 0 Å². The number of thiazole rings is 1. The van der Waals surface area contributed by atoms with Crippen LogP contribution in [0.5, 0.6) is 0 Å². The van der Waals surface area contributed by atoms with Crippen LogP contribution in [0.25, 0.3) is 0 Å². The van der Waals surface area contributed by atoms with Crippen LogP contribution in [0, 0.1) is 0 Å². The van der Waals surface area contributed by atoms with E-state index >= 15 is 0 Å². The number of rotatable bonds is 5. The molecule has 1 fully saturated rings. The summed E-state index contributed by atoms with van der Waals surface area (Å²) in [4.78, 5) is 31.3. The zero-order valence-electron chi connectivity index (χ0n) is 14.6. The van der Waals surface area contributed by atoms with Crippen LogP contribution in [-0.2, 0) is 4.79 Å². The molecule has 0 saturated carbocycles. The van der Waals surface area contributed by atoms with Gasteiger partial charge in [0.05, 0.1) is 5.92 Å². The van der Waals surface area contributed by atoms with Crippen LogP contribution in [0.1, 0.15) is 43.0 Å². The van der Waals surface area contributed by atoms with Crippen LogP contribution < -0.4 is 15.5 Å². The lowest BCUT2D eigenvalue weighted by Gasteiger charge is -2.16. The van der Waals surface area contributed by atoms with Gasteiger partial charge in [-0.05, 0) is 30.5 Å². The third kappa shape index (κ3) is 3.82. The van der Waals surface area contributed by atoms with Crippen LogP contribution in [0.15, 0.2) is 30.5 Å². The van der Waals surface area contributed by atoms with Gasteiger partial charge in [0.15, 0.2) is 5.13 Å². The standard InChI is InChI=1S/C18H22N4O2S/c1-11(2)15-10-20-17(25-15)21-16(23)12(3)13-4-6-14(7-5-13)22-9-8-19-18(22)24/h4-7,10-12H,8-9H2,1-3H3,(H,19,24)(H,20,21,23). The summed E-state index contributed by atoms with van der Waals surface area (Å²) in [5.41, 5.74) is 1.74. The van der Waals surface area contributed by atoms with E-state index in [1.165, 1.54) is 11.3 Å².